The maximum Gasteiger partial charge on any atom is 0.0553 e. The van der Waals surface area contributed by atoms with Crippen LogP contribution in [0.15, 0.2) is 18.3 Å². The SMILES string of the molecule is CN[C@H]1CCCN(c2ccc(C)nc2)C1. The van der Waals surface area contributed by atoms with E-state index in [2.05, 4.69) is 27.3 Å². The summed E-state index contributed by atoms with van der Waals surface area (Å²) in [5.41, 5.74) is 2.33. The topological polar surface area (TPSA) is 28.2 Å². The molecule has 0 saturated carbocycles. The molecule has 2 heterocycles. The van der Waals surface area contributed by atoms with Gasteiger partial charge < -0.3 is 10.2 Å². The van der Waals surface area contributed by atoms with Gasteiger partial charge in [-0.15, -0.1) is 0 Å². The van der Waals surface area contributed by atoms with Gasteiger partial charge in [-0.3, -0.25) is 4.98 Å². The molecule has 0 aromatic carbocycles. The summed E-state index contributed by atoms with van der Waals surface area (Å²) in [5, 5.41) is 3.35. The minimum absolute atomic E-state index is 0.625. The predicted octanol–water partition coefficient (Wildman–Crippen LogP) is 1.58. The maximum absolute atomic E-state index is 4.34. The number of nitrogens with one attached hydrogen (secondary N) is 1. The Labute approximate surface area is 91.5 Å². The van der Waals surface area contributed by atoms with E-state index < -0.39 is 0 Å². The van der Waals surface area contributed by atoms with Gasteiger partial charge in [0.15, 0.2) is 0 Å². The lowest BCUT2D eigenvalue weighted by atomic mass is 10.1. The average Bonchev–Trinajstić information content (AvgIpc) is 2.30. The predicted molar refractivity (Wildman–Crippen MR) is 63.3 cm³/mol. The van der Waals surface area contributed by atoms with Crippen LogP contribution in [0, 0.1) is 6.92 Å². The van der Waals surface area contributed by atoms with Crippen molar-refractivity contribution < 1.29 is 0 Å². The quantitative estimate of drug-likeness (QED) is 0.794. The first kappa shape index (κ1) is 10.4. The van der Waals surface area contributed by atoms with Crippen LogP contribution >= 0.6 is 0 Å². The zero-order chi connectivity index (χ0) is 10.7. The molecule has 1 atom stereocenters. The molecule has 1 fully saturated rings. The number of nitrogens with zero attached hydrogens (tertiary/aromatic N) is 2. The number of aryl methyl sites for hydroxylation is 1. The molecule has 82 valence electrons. The highest BCUT2D eigenvalue weighted by Gasteiger charge is 2.18. The summed E-state index contributed by atoms with van der Waals surface area (Å²) in [5.74, 6) is 0. The van der Waals surface area contributed by atoms with Gasteiger partial charge in [-0.1, -0.05) is 0 Å². The van der Waals surface area contributed by atoms with Crippen molar-refractivity contribution in [3.8, 4) is 0 Å². The highest BCUT2D eigenvalue weighted by molar-refractivity contribution is 5.45. The number of pyridine rings is 1. The van der Waals surface area contributed by atoms with Crippen LogP contribution in [0.1, 0.15) is 18.5 Å². The summed E-state index contributed by atoms with van der Waals surface area (Å²) in [6, 6.07) is 4.87. The number of likely N-dealkylation sites (N-methyl/N-ethyl adjacent to an activating group) is 1. The lowest BCUT2D eigenvalue weighted by molar-refractivity contribution is 0.449. The summed E-state index contributed by atoms with van der Waals surface area (Å²) >= 11 is 0. The fourth-order valence-electron chi connectivity index (χ4n) is 2.09. The molecular formula is C12H19N3. The molecule has 0 spiro atoms. The summed E-state index contributed by atoms with van der Waals surface area (Å²) in [7, 11) is 2.04. The Hall–Kier alpha value is -1.09. The van der Waals surface area contributed by atoms with Crippen molar-refractivity contribution in [2.45, 2.75) is 25.8 Å². The van der Waals surface area contributed by atoms with Crippen molar-refractivity contribution >= 4 is 5.69 Å². The van der Waals surface area contributed by atoms with Crippen molar-refractivity contribution in [1.29, 1.82) is 0 Å². The van der Waals surface area contributed by atoms with Gasteiger partial charge in [-0.05, 0) is 38.9 Å². The van der Waals surface area contributed by atoms with Gasteiger partial charge in [-0.25, -0.2) is 0 Å². The van der Waals surface area contributed by atoms with Crippen molar-refractivity contribution in [3.63, 3.8) is 0 Å². The molecule has 1 aliphatic rings. The second-order valence-electron chi connectivity index (χ2n) is 4.23. The van der Waals surface area contributed by atoms with E-state index in [-0.39, 0.29) is 0 Å². The third-order valence-corrected chi connectivity index (χ3v) is 3.09. The molecule has 1 aromatic heterocycles. The first-order valence-corrected chi connectivity index (χ1v) is 5.64. The van der Waals surface area contributed by atoms with Crippen LogP contribution in [-0.4, -0.2) is 31.2 Å². The average molecular weight is 205 g/mol. The Bertz CT molecular complexity index is 307. The van der Waals surface area contributed by atoms with Crippen LogP contribution in [0.5, 0.6) is 0 Å². The van der Waals surface area contributed by atoms with Crippen LogP contribution in [0.4, 0.5) is 5.69 Å². The Kier molecular flexibility index (Phi) is 3.21. The van der Waals surface area contributed by atoms with Crippen LogP contribution in [0.25, 0.3) is 0 Å². The molecule has 15 heavy (non-hydrogen) atoms. The van der Waals surface area contributed by atoms with Crippen LogP contribution in [-0.2, 0) is 0 Å². The smallest absolute Gasteiger partial charge is 0.0553 e. The molecule has 3 nitrogen and oxygen atoms in total. The molecular weight excluding hydrogens is 186 g/mol. The minimum Gasteiger partial charge on any atom is -0.369 e. The largest absolute Gasteiger partial charge is 0.369 e. The Morgan fingerprint density at radius 1 is 1.47 bits per heavy atom. The van der Waals surface area contributed by atoms with Crippen LogP contribution in [0.3, 0.4) is 0 Å². The molecule has 0 aliphatic carbocycles. The third kappa shape index (κ3) is 2.48. The van der Waals surface area contributed by atoms with Gasteiger partial charge in [0, 0.05) is 24.8 Å². The molecule has 0 unspecified atom stereocenters. The van der Waals surface area contributed by atoms with E-state index in [1.165, 1.54) is 18.5 Å². The van der Waals surface area contributed by atoms with Crippen LogP contribution < -0.4 is 10.2 Å². The fraction of sp³-hybridized carbons (Fsp3) is 0.583. The summed E-state index contributed by atoms with van der Waals surface area (Å²) in [6.07, 6.45) is 4.53. The molecule has 0 amide bonds. The van der Waals surface area contributed by atoms with Crippen molar-refractivity contribution in [3.05, 3.63) is 24.0 Å². The molecule has 0 bridgehead atoms. The lowest BCUT2D eigenvalue weighted by Gasteiger charge is -2.34. The molecule has 2 rings (SSSR count). The number of anilines is 1. The van der Waals surface area contributed by atoms with E-state index in [4.69, 9.17) is 0 Å². The first-order valence-electron chi connectivity index (χ1n) is 5.64. The van der Waals surface area contributed by atoms with Gasteiger partial charge in [0.1, 0.15) is 0 Å². The first-order chi connectivity index (χ1) is 7.29. The van der Waals surface area contributed by atoms with Crippen molar-refractivity contribution in [1.82, 2.24) is 10.3 Å². The van der Waals surface area contributed by atoms with E-state index in [9.17, 15) is 0 Å². The summed E-state index contributed by atoms with van der Waals surface area (Å²) in [4.78, 5) is 6.76. The van der Waals surface area contributed by atoms with E-state index in [1.807, 2.05) is 20.2 Å². The van der Waals surface area contributed by atoms with Gasteiger partial charge in [0.05, 0.1) is 11.9 Å². The molecule has 1 aromatic rings. The van der Waals surface area contributed by atoms with E-state index in [0.717, 1.165) is 18.8 Å². The van der Waals surface area contributed by atoms with Gasteiger partial charge in [-0.2, -0.15) is 0 Å². The molecule has 1 aliphatic heterocycles. The highest BCUT2D eigenvalue weighted by atomic mass is 15.2. The van der Waals surface area contributed by atoms with E-state index in [0.29, 0.717) is 6.04 Å². The fourth-order valence-corrected chi connectivity index (χ4v) is 2.09. The second-order valence-corrected chi connectivity index (χ2v) is 4.23. The number of rotatable bonds is 2. The van der Waals surface area contributed by atoms with Gasteiger partial charge >= 0.3 is 0 Å². The second kappa shape index (κ2) is 4.62. The monoisotopic (exact) mass is 205 g/mol. The lowest BCUT2D eigenvalue weighted by Crippen LogP contribution is -2.44. The number of hydrogen-bond donors (Lipinski definition) is 1. The zero-order valence-electron chi connectivity index (χ0n) is 9.53. The standard InChI is InChI=1S/C12H19N3/c1-10-5-6-12(8-14-10)15-7-3-4-11(9-15)13-2/h5-6,8,11,13H,3-4,7,9H2,1-2H3/t11-/m0/s1. The third-order valence-electron chi connectivity index (χ3n) is 3.09. The minimum atomic E-state index is 0.625. The van der Waals surface area contributed by atoms with E-state index >= 15 is 0 Å². The normalized spacial score (nSPS) is 21.7. The Morgan fingerprint density at radius 3 is 3.00 bits per heavy atom. The molecule has 1 saturated heterocycles. The maximum atomic E-state index is 4.34. The Morgan fingerprint density at radius 2 is 2.33 bits per heavy atom. The summed E-state index contributed by atoms with van der Waals surface area (Å²) in [6.45, 7) is 4.28. The highest BCUT2D eigenvalue weighted by Crippen LogP contribution is 2.18. The molecule has 1 N–H and O–H groups in total. The number of aromatic nitrogens is 1. The number of hydrogen-bond acceptors (Lipinski definition) is 3. The zero-order valence-corrected chi connectivity index (χ0v) is 9.53. The van der Waals surface area contributed by atoms with Gasteiger partial charge in [0.2, 0.25) is 0 Å². The summed E-state index contributed by atoms with van der Waals surface area (Å²) < 4.78 is 0. The van der Waals surface area contributed by atoms with Gasteiger partial charge in [0.25, 0.3) is 0 Å². The van der Waals surface area contributed by atoms with E-state index in [1.54, 1.807) is 0 Å². The number of piperidine rings is 1. The Balaban J connectivity index is 2.06. The van der Waals surface area contributed by atoms with Crippen LogP contribution in [0.2, 0.25) is 0 Å². The molecule has 3 heteroatoms. The van der Waals surface area contributed by atoms with Crippen molar-refractivity contribution in [2.75, 3.05) is 25.0 Å². The molecule has 0 radical (unpaired) electrons. The van der Waals surface area contributed by atoms with Crippen molar-refractivity contribution in [2.24, 2.45) is 0 Å².